The lowest BCUT2D eigenvalue weighted by molar-refractivity contribution is 0.102. The Morgan fingerprint density at radius 1 is 1.26 bits per heavy atom. The Balaban J connectivity index is 1.45. The first-order chi connectivity index (χ1) is 13.2. The maximum Gasteiger partial charge on any atom is 0.255 e. The monoisotopic (exact) mass is 367 g/mol. The van der Waals surface area contributed by atoms with Crippen LogP contribution in [0.4, 0.5) is 10.1 Å². The zero-order chi connectivity index (χ0) is 18.6. The quantitative estimate of drug-likeness (QED) is 0.669. The van der Waals surface area contributed by atoms with Crippen LogP contribution in [0, 0.1) is 11.7 Å². The summed E-state index contributed by atoms with van der Waals surface area (Å²) in [4.78, 5) is 12.5. The van der Waals surface area contributed by atoms with Gasteiger partial charge in [-0.1, -0.05) is 12.1 Å². The predicted octanol–water partition coefficient (Wildman–Crippen LogP) is 3.18. The zero-order valence-electron chi connectivity index (χ0n) is 14.5. The smallest absolute Gasteiger partial charge is 0.255 e. The Kier molecular flexibility index (Phi) is 4.88. The summed E-state index contributed by atoms with van der Waals surface area (Å²) in [6.45, 7) is 0.801. The number of nitrogens with zero attached hydrogens (tertiary/aromatic N) is 3. The topological polar surface area (TPSA) is 92.8 Å². The number of aromatic amines is 1. The Morgan fingerprint density at radius 2 is 2.15 bits per heavy atom. The molecule has 1 saturated carbocycles. The van der Waals surface area contributed by atoms with Crippen molar-refractivity contribution in [3.05, 3.63) is 59.4 Å². The number of hydrogen-bond acceptors (Lipinski definition) is 5. The standard InChI is InChI=1S/C19H18FN5O2/c20-17-7-6-14(8-15(17)11-27-10-12-4-5-12)19(26)21-16-3-1-2-13(9-16)18-22-24-25-23-18/h1-3,6-9,12H,4-5,10-11H2,(H,21,26)(H,22,23,24,25). The highest BCUT2D eigenvalue weighted by atomic mass is 19.1. The number of anilines is 1. The molecule has 1 aliphatic carbocycles. The number of nitrogens with one attached hydrogen (secondary N) is 2. The van der Waals surface area contributed by atoms with E-state index in [1.807, 2.05) is 6.07 Å². The highest BCUT2D eigenvalue weighted by Crippen LogP contribution is 2.29. The summed E-state index contributed by atoms with van der Waals surface area (Å²) in [5.74, 6) is 0.333. The summed E-state index contributed by atoms with van der Waals surface area (Å²) < 4.78 is 19.5. The van der Waals surface area contributed by atoms with Crippen LogP contribution in [0.3, 0.4) is 0 Å². The summed E-state index contributed by atoms with van der Waals surface area (Å²) in [6, 6.07) is 11.4. The molecule has 1 aliphatic rings. The van der Waals surface area contributed by atoms with Gasteiger partial charge in [-0.05, 0) is 54.3 Å². The minimum absolute atomic E-state index is 0.163. The van der Waals surface area contributed by atoms with E-state index < -0.39 is 0 Å². The van der Waals surface area contributed by atoms with Crippen LogP contribution in [-0.4, -0.2) is 33.1 Å². The Morgan fingerprint density at radius 3 is 2.93 bits per heavy atom. The summed E-state index contributed by atoms with van der Waals surface area (Å²) in [5.41, 5.74) is 2.04. The maximum atomic E-state index is 14.0. The molecule has 1 amide bonds. The molecule has 0 atom stereocenters. The number of hydrogen-bond donors (Lipinski definition) is 2. The highest BCUT2D eigenvalue weighted by Gasteiger charge is 2.21. The predicted molar refractivity (Wildman–Crippen MR) is 96.3 cm³/mol. The second kappa shape index (κ2) is 7.63. The minimum Gasteiger partial charge on any atom is -0.376 e. The number of aromatic nitrogens is 4. The van der Waals surface area contributed by atoms with E-state index in [9.17, 15) is 9.18 Å². The van der Waals surface area contributed by atoms with Gasteiger partial charge in [0.15, 0.2) is 0 Å². The van der Waals surface area contributed by atoms with E-state index in [1.54, 1.807) is 18.2 Å². The molecule has 1 heterocycles. The normalized spacial score (nSPS) is 13.5. The lowest BCUT2D eigenvalue weighted by Crippen LogP contribution is -2.13. The minimum atomic E-state index is -0.374. The molecule has 1 aromatic heterocycles. The third-order valence-electron chi connectivity index (χ3n) is 4.34. The van der Waals surface area contributed by atoms with Gasteiger partial charge in [0.2, 0.25) is 5.82 Å². The van der Waals surface area contributed by atoms with Crippen LogP contribution in [0.1, 0.15) is 28.8 Å². The number of tetrazole rings is 1. The third-order valence-corrected chi connectivity index (χ3v) is 4.34. The molecule has 1 fully saturated rings. The van der Waals surface area contributed by atoms with E-state index >= 15 is 0 Å². The molecule has 7 nitrogen and oxygen atoms in total. The molecule has 0 radical (unpaired) electrons. The second-order valence-electron chi connectivity index (χ2n) is 6.54. The van der Waals surface area contributed by atoms with Gasteiger partial charge in [0.05, 0.1) is 6.61 Å². The third kappa shape index (κ3) is 4.35. The fourth-order valence-corrected chi connectivity index (χ4v) is 2.67. The maximum absolute atomic E-state index is 14.0. The summed E-state index contributed by atoms with van der Waals surface area (Å²) in [5, 5.41) is 16.5. The van der Waals surface area contributed by atoms with Crippen molar-refractivity contribution >= 4 is 11.6 Å². The van der Waals surface area contributed by atoms with Crippen LogP contribution in [0.15, 0.2) is 42.5 Å². The largest absolute Gasteiger partial charge is 0.376 e. The van der Waals surface area contributed by atoms with Gasteiger partial charge in [0, 0.05) is 29.0 Å². The lowest BCUT2D eigenvalue weighted by Gasteiger charge is -2.09. The van der Waals surface area contributed by atoms with Gasteiger partial charge in [-0.3, -0.25) is 4.79 Å². The summed E-state index contributed by atoms with van der Waals surface area (Å²) >= 11 is 0. The fourth-order valence-electron chi connectivity index (χ4n) is 2.67. The molecule has 0 aliphatic heterocycles. The number of carbonyl (C=O) groups is 1. The number of rotatable bonds is 7. The van der Waals surface area contributed by atoms with E-state index in [1.165, 1.54) is 31.0 Å². The number of ether oxygens (including phenoxy) is 1. The molecule has 0 spiro atoms. The molecule has 3 aromatic rings. The Hall–Kier alpha value is -3.13. The van der Waals surface area contributed by atoms with Crippen LogP contribution < -0.4 is 5.32 Å². The van der Waals surface area contributed by atoms with Gasteiger partial charge >= 0.3 is 0 Å². The fraction of sp³-hybridized carbons (Fsp3) is 0.263. The van der Waals surface area contributed by atoms with Crippen molar-refractivity contribution in [3.8, 4) is 11.4 Å². The van der Waals surface area contributed by atoms with Crippen molar-refractivity contribution in [2.24, 2.45) is 5.92 Å². The van der Waals surface area contributed by atoms with Crippen LogP contribution in [0.25, 0.3) is 11.4 Å². The van der Waals surface area contributed by atoms with Gasteiger partial charge in [0.25, 0.3) is 5.91 Å². The summed E-state index contributed by atoms with van der Waals surface area (Å²) in [6.07, 6.45) is 2.35. The highest BCUT2D eigenvalue weighted by molar-refractivity contribution is 6.04. The number of amides is 1. The van der Waals surface area contributed by atoms with Crippen LogP contribution in [0.2, 0.25) is 0 Å². The number of benzene rings is 2. The molecule has 0 unspecified atom stereocenters. The second-order valence-corrected chi connectivity index (χ2v) is 6.54. The van der Waals surface area contributed by atoms with E-state index in [0.29, 0.717) is 35.2 Å². The number of halogens is 1. The number of H-pyrrole nitrogens is 1. The van der Waals surface area contributed by atoms with E-state index in [2.05, 4.69) is 25.9 Å². The van der Waals surface area contributed by atoms with Crippen molar-refractivity contribution in [2.75, 3.05) is 11.9 Å². The molecular formula is C19H18FN5O2. The molecule has 138 valence electrons. The Labute approximate surface area is 154 Å². The zero-order valence-corrected chi connectivity index (χ0v) is 14.5. The van der Waals surface area contributed by atoms with Gasteiger partial charge in [-0.15, -0.1) is 10.2 Å². The molecular weight excluding hydrogens is 349 g/mol. The Bertz CT molecular complexity index is 941. The molecule has 2 N–H and O–H groups in total. The van der Waals surface area contributed by atoms with E-state index in [-0.39, 0.29) is 18.3 Å². The van der Waals surface area contributed by atoms with Crippen LogP contribution >= 0.6 is 0 Å². The van der Waals surface area contributed by atoms with Crippen LogP contribution in [0.5, 0.6) is 0 Å². The van der Waals surface area contributed by atoms with Gasteiger partial charge in [0.1, 0.15) is 5.82 Å². The van der Waals surface area contributed by atoms with Crippen molar-refractivity contribution in [1.29, 1.82) is 0 Å². The van der Waals surface area contributed by atoms with Gasteiger partial charge < -0.3 is 10.1 Å². The number of carbonyl (C=O) groups excluding carboxylic acids is 1. The molecule has 2 aromatic carbocycles. The van der Waals surface area contributed by atoms with Gasteiger partial charge in [-0.2, -0.15) is 5.21 Å². The lowest BCUT2D eigenvalue weighted by atomic mass is 10.1. The molecule has 4 rings (SSSR count). The SMILES string of the molecule is O=C(Nc1cccc(-c2nn[nH]n2)c1)c1ccc(F)c(COCC2CC2)c1. The van der Waals surface area contributed by atoms with Crippen molar-refractivity contribution in [3.63, 3.8) is 0 Å². The molecule has 0 saturated heterocycles. The van der Waals surface area contributed by atoms with E-state index in [0.717, 1.165) is 5.56 Å². The van der Waals surface area contributed by atoms with Crippen molar-refractivity contribution in [1.82, 2.24) is 20.6 Å². The average molecular weight is 367 g/mol. The first kappa shape index (κ1) is 17.3. The molecule has 0 bridgehead atoms. The molecule has 27 heavy (non-hydrogen) atoms. The first-order valence-corrected chi connectivity index (χ1v) is 8.70. The van der Waals surface area contributed by atoms with Crippen molar-refractivity contribution < 1.29 is 13.9 Å². The van der Waals surface area contributed by atoms with E-state index in [4.69, 9.17) is 4.74 Å². The van der Waals surface area contributed by atoms with Gasteiger partial charge in [-0.25, -0.2) is 4.39 Å². The first-order valence-electron chi connectivity index (χ1n) is 8.70. The molecule has 8 heteroatoms. The average Bonchev–Trinajstić information content (AvgIpc) is 3.33. The van der Waals surface area contributed by atoms with Crippen LogP contribution in [-0.2, 0) is 11.3 Å². The van der Waals surface area contributed by atoms with Crippen molar-refractivity contribution in [2.45, 2.75) is 19.4 Å². The summed E-state index contributed by atoms with van der Waals surface area (Å²) in [7, 11) is 0.